The Kier molecular flexibility index (Phi) is 6.23. The molecule has 1 rings (SSSR count). The van der Waals surface area contributed by atoms with Crippen LogP contribution in [0.25, 0.3) is 0 Å². The number of nitrogen functional groups attached to an aromatic ring is 1. The molecular weight excluding hydrogens is 316 g/mol. The highest BCUT2D eigenvalue weighted by molar-refractivity contribution is 9.09. The highest BCUT2D eigenvalue weighted by Crippen LogP contribution is 2.26. The number of methoxy groups -OCH3 is 1. The molecule has 7 heteroatoms. The molecule has 2 atom stereocenters. The normalized spacial score (nSPS) is 13.7. The summed E-state index contributed by atoms with van der Waals surface area (Å²) in [5.74, 6) is 5.01. The minimum atomic E-state index is -1.17. The van der Waals surface area contributed by atoms with E-state index in [2.05, 4.69) is 15.9 Å². The van der Waals surface area contributed by atoms with Crippen LogP contribution >= 0.6 is 15.9 Å². The number of nitrogens with one attached hydrogen (secondary N) is 1. The third-order valence-electron chi connectivity index (χ3n) is 2.72. The molecule has 1 amide bonds. The number of aliphatic hydroxyl groups is 2. The standard InChI is InChI=1S/C12H17BrN2O4/c1-19-7-2-3-8(9(6-7)12(18)15-14)11(17)10(16)4-5-13/h2-3,6,10-11,16-17H,4-5,14H2,1H3,(H,15,18). The van der Waals surface area contributed by atoms with Crippen molar-refractivity contribution in [2.75, 3.05) is 12.4 Å². The fourth-order valence-electron chi connectivity index (χ4n) is 1.67. The van der Waals surface area contributed by atoms with Gasteiger partial charge in [0.1, 0.15) is 11.9 Å². The van der Waals surface area contributed by atoms with Gasteiger partial charge < -0.3 is 14.9 Å². The number of hydrazine groups is 1. The molecule has 0 heterocycles. The number of ether oxygens (including phenoxy) is 1. The van der Waals surface area contributed by atoms with Gasteiger partial charge in [0, 0.05) is 5.33 Å². The third-order valence-corrected chi connectivity index (χ3v) is 3.18. The van der Waals surface area contributed by atoms with E-state index >= 15 is 0 Å². The molecule has 0 spiro atoms. The Hall–Kier alpha value is -1.15. The lowest BCUT2D eigenvalue weighted by molar-refractivity contribution is 0.0168. The second-order valence-electron chi connectivity index (χ2n) is 3.92. The van der Waals surface area contributed by atoms with Gasteiger partial charge in [-0.1, -0.05) is 22.0 Å². The molecule has 0 bridgehead atoms. The first-order valence-electron chi connectivity index (χ1n) is 5.66. The van der Waals surface area contributed by atoms with Crippen LogP contribution in [-0.2, 0) is 0 Å². The van der Waals surface area contributed by atoms with Crippen molar-refractivity contribution in [3.05, 3.63) is 29.3 Å². The quantitative estimate of drug-likeness (QED) is 0.262. The lowest BCUT2D eigenvalue weighted by Crippen LogP contribution is -2.32. The minimum Gasteiger partial charge on any atom is -0.497 e. The summed E-state index contributed by atoms with van der Waals surface area (Å²) in [6, 6.07) is 4.60. The van der Waals surface area contributed by atoms with E-state index in [1.54, 1.807) is 6.07 Å². The number of hydrogen-bond acceptors (Lipinski definition) is 5. The molecule has 5 N–H and O–H groups in total. The molecule has 0 saturated heterocycles. The fraction of sp³-hybridized carbons (Fsp3) is 0.417. The average molecular weight is 333 g/mol. The van der Waals surface area contributed by atoms with Crippen LogP contribution < -0.4 is 16.0 Å². The number of rotatable bonds is 6. The van der Waals surface area contributed by atoms with Gasteiger partial charge in [-0.3, -0.25) is 10.2 Å². The van der Waals surface area contributed by atoms with E-state index in [0.717, 1.165) is 0 Å². The van der Waals surface area contributed by atoms with Crippen molar-refractivity contribution in [3.63, 3.8) is 0 Å². The Morgan fingerprint density at radius 2 is 2.21 bits per heavy atom. The van der Waals surface area contributed by atoms with Gasteiger partial charge in [-0.15, -0.1) is 0 Å². The lowest BCUT2D eigenvalue weighted by Gasteiger charge is -2.20. The number of carbonyl (C=O) groups excluding carboxylic acids is 1. The molecule has 0 fully saturated rings. The van der Waals surface area contributed by atoms with Crippen molar-refractivity contribution in [1.29, 1.82) is 0 Å². The maximum atomic E-state index is 11.7. The average Bonchev–Trinajstić information content (AvgIpc) is 2.45. The molecule has 19 heavy (non-hydrogen) atoms. The first-order chi connectivity index (χ1) is 9.04. The molecule has 0 radical (unpaired) electrons. The first-order valence-corrected chi connectivity index (χ1v) is 6.78. The predicted octanol–water partition coefficient (Wildman–Crippen LogP) is 0.478. The van der Waals surface area contributed by atoms with E-state index < -0.39 is 18.1 Å². The highest BCUT2D eigenvalue weighted by Gasteiger charge is 2.23. The van der Waals surface area contributed by atoms with Crippen LogP contribution in [0, 0.1) is 0 Å². The van der Waals surface area contributed by atoms with E-state index in [4.69, 9.17) is 10.6 Å². The molecule has 106 valence electrons. The zero-order valence-corrected chi connectivity index (χ0v) is 12.1. The second kappa shape index (κ2) is 7.44. The summed E-state index contributed by atoms with van der Waals surface area (Å²) < 4.78 is 5.02. The van der Waals surface area contributed by atoms with Crippen molar-refractivity contribution in [3.8, 4) is 5.75 Å². The Bertz CT molecular complexity index is 442. The topological polar surface area (TPSA) is 105 Å². The Morgan fingerprint density at radius 3 is 2.74 bits per heavy atom. The summed E-state index contributed by atoms with van der Waals surface area (Å²) in [5, 5.41) is 20.4. The molecule has 1 aromatic carbocycles. The number of nitrogens with two attached hydrogens (primary N) is 1. The number of amides is 1. The van der Waals surface area contributed by atoms with E-state index in [1.807, 2.05) is 5.43 Å². The van der Waals surface area contributed by atoms with Gasteiger partial charge in [0.15, 0.2) is 0 Å². The van der Waals surface area contributed by atoms with E-state index in [9.17, 15) is 15.0 Å². The van der Waals surface area contributed by atoms with Crippen LogP contribution in [0.5, 0.6) is 5.75 Å². The number of carbonyl (C=O) groups is 1. The van der Waals surface area contributed by atoms with Gasteiger partial charge >= 0.3 is 0 Å². The summed E-state index contributed by atoms with van der Waals surface area (Å²) in [4.78, 5) is 11.7. The summed E-state index contributed by atoms with van der Waals surface area (Å²) in [6.07, 6.45) is -1.79. The van der Waals surface area contributed by atoms with Crippen molar-refractivity contribution in [1.82, 2.24) is 5.43 Å². The minimum absolute atomic E-state index is 0.169. The van der Waals surface area contributed by atoms with Crippen LogP contribution in [-0.4, -0.2) is 34.7 Å². The van der Waals surface area contributed by atoms with Gasteiger partial charge in [0.2, 0.25) is 0 Å². The molecule has 0 saturated carbocycles. The van der Waals surface area contributed by atoms with Gasteiger partial charge in [-0.05, 0) is 24.1 Å². The van der Waals surface area contributed by atoms with E-state index in [0.29, 0.717) is 23.1 Å². The lowest BCUT2D eigenvalue weighted by atomic mass is 9.96. The molecule has 2 unspecified atom stereocenters. The van der Waals surface area contributed by atoms with Crippen molar-refractivity contribution >= 4 is 21.8 Å². The Morgan fingerprint density at radius 1 is 1.53 bits per heavy atom. The van der Waals surface area contributed by atoms with Crippen LogP contribution in [0.3, 0.4) is 0 Å². The van der Waals surface area contributed by atoms with Gasteiger partial charge in [0.25, 0.3) is 5.91 Å². The second-order valence-corrected chi connectivity index (χ2v) is 4.71. The van der Waals surface area contributed by atoms with Crippen LogP contribution in [0.4, 0.5) is 0 Å². The Labute approximate surface area is 119 Å². The molecule has 0 aliphatic carbocycles. The fourth-order valence-corrected chi connectivity index (χ4v) is 2.14. The van der Waals surface area contributed by atoms with Crippen molar-refractivity contribution in [2.24, 2.45) is 5.84 Å². The summed E-state index contributed by atoms with van der Waals surface area (Å²) in [6.45, 7) is 0. The van der Waals surface area contributed by atoms with E-state index in [-0.39, 0.29) is 5.56 Å². The number of hydrogen-bond donors (Lipinski definition) is 4. The monoisotopic (exact) mass is 332 g/mol. The Balaban J connectivity index is 3.14. The van der Waals surface area contributed by atoms with Crippen molar-refractivity contribution in [2.45, 2.75) is 18.6 Å². The van der Waals surface area contributed by atoms with Crippen LogP contribution in [0.15, 0.2) is 18.2 Å². The number of alkyl halides is 1. The summed E-state index contributed by atoms with van der Waals surface area (Å²) >= 11 is 3.18. The molecule has 0 aromatic heterocycles. The largest absolute Gasteiger partial charge is 0.497 e. The maximum absolute atomic E-state index is 11.7. The molecule has 1 aromatic rings. The van der Waals surface area contributed by atoms with Gasteiger partial charge in [0.05, 0.1) is 18.8 Å². The SMILES string of the molecule is COc1ccc(C(O)C(O)CCBr)c(C(=O)NN)c1. The van der Waals surface area contributed by atoms with Crippen molar-refractivity contribution < 1.29 is 19.7 Å². The predicted molar refractivity (Wildman–Crippen MR) is 74.0 cm³/mol. The first kappa shape index (κ1) is 15.9. The zero-order valence-electron chi connectivity index (χ0n) is 10.5. The number of aliphatic hydroxyl groups excluding tert-OH is 2. The maximum Gasteiger partial charge on any atom is 0.265 e. The van der Waals surface area contributed by atoms with E-state index in [1.165, 1.54) is 19.2 Å². The van der Waals surface area contributed by atoms with Gasteiger partial charge in [-0.25, -0.2) is 5.84 Å². The van der Waals surface area contributed by atoms with Gasteiger partial charge in [-0.2, -0.15) is 0 Å². The third kappa shape index (κ3) is 3.90. The summed E-state index contributed by atoms with van der Waals surface area (Å²) in [7, 11) is 1.47. The zero-order chi connectivity index (χ0) is 14.4. The van der Waals surface area contributed by atoms with Crippen LogP contribution in [0.1, 0.15) is 28.4 Å². The number of halogens is 1. The number of benzene rings is 1. The highest BCUT2D eigenvalue weighted by atomic mass is 79.9. The molecule has 0 aliphatic heterocycles. The van der Waals surface area contributed by atoms with Crippen LogP contribution in [0.2, 0.25) is 0 Å². The molecular formula is C12H17BrN2O4. The molecule has 0 aliphatic rings. The summed E-state index contributed by atoms with van der Waals surface area (Å²) in [5.41, 5.74) is 2.47. The smallest absolute Gasteiger partial charge is 0.265 e. The molecule has 6 nitrogen and oxygen atoms in total.